The van der Waals surface area contributed by atoms with E-state index in [0.29, 0.717) is 5.56 Å². The number of rotatable bonds is 2. The Morgan fingerprint density at radius 3 is 3.00 bits per heavy atom. The Bertz CT molecular complexity index is 205. The molecule has 0 aromatic carbocycles. The molecule has 0 unspecified atom stereocenters. The molecule has 1 heterocycles. The highest BCUT2D eigenvalue weighted by molar-refractivity contribution is 7.08. The van der Waals surface area contributed by atoms with Crippen LogP contribution in [0.15, 0.2) is 16.8 Å². The quantitative estimate of drug-likeness (QED) is 0.483. The van der Waals surface area contributed by atoms with Gasteiger partial charge in [-0.1, -0.05) is 0 Å². The molecule has 0 saturated carbocycles. The summed E-state index contributed by atoms with van der Waals surface area (Å²) in [5.41, 5.74) is 0.520. The van der Waals surface area contributed by atoms with Crippen LogP contribution in [0.3, 0.4) is 0 Å². The van der Waals surface area contributed by atoms with Gasteiger partial charge in [-0.25, -0.2) is 4.79 Å². The second-order valence-corrected chi connectivity index (χ2v) is 2.33. The van der Waals surface area contributed by atoms with Gasteiger partial charge in [0.25, 0.3) is 0 Å². The number of carbonyl (C=O) groups is 1. The van der Waals surface area contributed by atoms with E-state index in [0.717, 1.165) is 0 Å². The van der Waals surface area contributed by atoms with Crippen molar-refractivity contribution in [3.8, 4) is 0 Å². The zero-order valence-corrected chi connectivity index (χ0v) is 6.18. The van der Waals surface area contributed by atoms with E-state index in [4.69, 9.17) is 0 Å². The maximum Gasteiger partial charge on any atom is 0.373 e. The van der Waals surface area contributed by atoms with Crippen LogP contribution in [0.4, 0.5) is 0 Å². The average molecular weight is 158 g/mol. The summed E-state index contributed by atoms with van der Waals surface area (Å²) >= 11 is 1.44. The Morgan fingerprint density at radius 1 is 1.70 bits per heavy atom. The molecule has 1 aromatic heterocycles. The van der Waals surface area contributed by atoms with Gasteiger partial charge in [-0.15, -0.1) is 0 Å². The van der Waals surface area contributed by atoms with Gasteiger partial charge in [-0.05, 0) is 11.4 Å². The van der Waals surface area contributed by atoms with Gasteiger partial charge >= 0.3 is 5.97 Å². The average Bonchev–Trinajstić information content (AvgIpc) is 2.38. The summed E-state index contributed by atoms with van der Waals surface area (Å²) in [6, 6.07) is 1.67. The maximum absolute atomic E-state index is 10.8. The molecule has 0 N–H and O–H groups in total. The van der Waals surface area contributed by atoms with Crippen molar-refractivity contribution in [3.05, 3.63) is 22.4 Å². The Kier molecular flexibility index (Phi) is 2.42. The van der Waals surface area contributed by atoms with Crippen LogP contribution in [0.2, 0.25) is 0 Å². The van der Waals surface area contributed by atoms with Crippen LogP contribution >= 0.6 is 11.3 Å². The van der Waals surface area contributed by atoms with Gasteiger partial charge in [0.15, 0.2) is 0 Å². The molecule has 1 aromatic rings. The lowest BCUT2D eigenvalue weighted by Gasteiger charge is -1.93. The first-order valence-corrected chi connectivity index (χ1v) is 3.56. The molecule has 10 heavy (non-hydrogen) atoms. The highest BCUT2D eigenvalue weighted by Gasteiger charge is 2.05. The molecular weight excluding hydrogens is 152 g/mol. The minimum Gasteiger partial charge on any atom is -0.293 e. The summed E-state index contributed by atoms with van der Waals surface area (Å²) in [7, 11) is 1.30. The van der Waals surface area contributed by atoms with Crippen LogP contribution in [-0.2, 0) is 9.78 Å². The molecular formula is C6H6O3S. The SMILES string of the molecule is COOC(=O)c1ccsc1. The van der Waals surface area contributed by atoms with Gasteiger partial charge < -0.3 is 0 Å². The monoisotopic (exact) mass is 158 g/mol. The Hall–Kier alpha value is -0.870. The minimum atomic E-state index is -0.455. The molecule has 0 bridgehead atoms. The minimum absolute atomic E-state index is 0.455. The standard InChI is InChI=1S/C6H6O3S/c1-8-9-6(7)5-2-3-10-4-5/h2-4H,1H3. The summed E-state index contributed by atoms with van der Waals surface area (Å²) in [4.78, 5) is 19.2. The predicted molar refractivity (Wildman–Crippen MR) is 36.7 cm³/mol. The van der Waals surface area contributed by atoms with E-state index in [9.17, 15) is 4.79 Å². The second-order valence-electron chi connectivity index (χ2n) is 1.55. The smallest absolute Gasteiger partial charge is 0.293 e. The molecule has 0 amide bonds. The van der Waals surface area contributed by atoms with Crippen LogP contribution in [0, 0.1) is 0 Å². The first-order chi connectivity index (χ1) is 4.84. The fraction of sp³-hybridized carbons (Fsp3) is 0.167. The van der Waals surface area contributed by atoms with Crippen molar-refractivity contribution in [3.63, 3.8) is 0 Å². The van der Waals surface area contributed by atoms with Crippen molar-refractivity contribution >= 4 is 17.3 Å². The van der Waals surface area contributed by atoms with Gasteiger partial charge in [-0.2, -0.15) is 16.2 Å². The fourth-order valence-electron chi connectivity index (χ4n) is 0.504. The third-order valence-electron chi connectivity index (χ3n) is 0.916. The van der Waals surface area contributed by atoms with Crippen molar-refractivity contribution in [2.24, 2.45) is 0 Å². The zero-order chi connectivity index (χ0) is 7.40. The molecule has 0 aliphatic heterocycles. The lowest BCUT2D eigenvalue weighted by Crippen LogP contribution is -2.01. The van der Waals surface area contributed by atoms with E-state index in [1.807, 2.05) is 0 Å². The lowest BCUT2D eigenvalue weighted by molar-refractivity contribution is -0.216. The Labute approximate surface area is 62.1 Å². The highest BCUT2D eigenvalue weighted by atomic mass is 32.1. The maximum atomic E-state index is 10.8. The van der Waals surface area contributed by atoms with E-state index in [-0.39, 0.29) is 0 Å². The van der Waals surface area contributed by atoms with E-state index in [1.54, 1.807) is 16.8 Å². The van der Waals surface area contributed by atoms with Crippen LogP contribution in [-0.4, -0.2) is 13.1 Å². The van der Waals surface area contributed by atoms with Crippen LogP contribution in [0.25, 0.3) is 0 Å². The first-order valence-electron chi connectivity index (χ1n) is 2.62. The molecule has 0 atom stereocenters. The fourth-order valence-corrected chi connectivity index (χ4v) is 1.13. The molecule has 0 saturated heterocycles. The van der Waals surface area contributed by atoms with Crippen LogP contribution < -0.4 is 0 Å². The molecule has 4 heteroatoms. The highest BCUT2D eigenvalue weighted by Crippen LogP contribution is 2.06. The molecule has 0 fully saturated rings. The number of carbonyl (C=O) groups excluding carboxylic acids is 1. The molecule has 3 nitrogen and oxygen atoms in total. The second kappa shape index (κ2) is 3.34. The van der Waals surface area contributed by atoms with Crippen molar-refractivity contribution < 1.29 is 14.6 Å². The van der Waals surface area contributed by atoms with Crippen LogP contribution in [0.1, 0.15) is 10.4 Å². The van der Waals surface area contributed by atoms with Crippen molar-refractivity contribution in [2.45, 2.75) is 0 Å². The summed E-state index contributed by atoms with van der Waals surface area (Å²) in [5, 5.41) is 3.49. The Balaban J connectivity index is 2.59. The van der Waals surface area contributed by atoms with Gasteiger partial charge in [0.1, 0.15) is 0 Å². The molecule has 54 valence electrons. The van der Waals surface area contributed by atoms with E-state index < -0.39 is 5.97 Å². The van der Waals surface area contributed by atoms with Gasteiger partial charge in [0.2, 0.25) is 0 Å². The summed E-state index contributed by atoms with van der Waals surface area (Å²) in [6.07, 6.45) is 0. The molecule has 0 aliphatic rings. The van der Waals surface area contributed by atoms with E-state index >= 15 is 0 Å². The third kappa shape index (κ3) is 1.55. The summed E-state index contributed by atoms with van der Waals surface area (Å²) in [6.45, 7) is 0. The normalized spacial score (nSPS) is 9.30. The molecule has 0 radical (unpaired) electrons. The largest absolute Gasteiger partial charge is 0.373 e. The summed E-state index contributed by atoms with van der Waals surface area (Å²) in [5.74, 6) is -0.455. The molecule has 0 aliphatic carbocycles. The first kappa shape index (κ1) is 7.24. The van der Waals surface area contributed by atoms with E-state index in [2.05, 4.69) is 9.78 Å². The van der Waals surface area contributed by atoms with Gasteiger partial charge in [0, 0.05) is 5.38 Å². The predicted octanol–water partition coefficient (Wildman–Crippen LogP) is 1.47. The molecule has 1 rings (SSSR count). The Morgan fingerprint density at radius 2 is 2.50 bits per heavy atom. The topological polar surface area (TPSA) is 35.5 Å². The number of hydrogen-bond acceptors (Lipinski definition) is 4. The van der Waals surface area contributed by atoms with Crippen molar-refractivity contribution in [1.82, 2.24) is 0 Å². The number of thiophene rings is 1. The molecule has 0 spiro atoms. The van der Waals surface area contributed by atoms with Gasteiger partial charge in [-0.3, -0.25) is 4.89 Å². The number of hydrogen-bond donors (Lipinski definition) is 0. The third-order valence-corrected chi connectivity index (χ3v) is 1.60. The van der Waals surface area contributed by atoms with E-state index in [1.165, 1.54) is 18.4 Å². The zero-order valence-electron chi connectivity index (χ0n) is 5.37. The summed E-state index contributed by atoms with van der Waals surface area (Å²) < 4.78 is 0. The van der Waals surface area contributed by atoms with Gasteiger partial charge in [0.05, 0.1) is 12.7 Å². The van der Waals surface area contributed by atoms with Crippen molar-refractivity contribution in [2.75, 3.05) is 7.11 Å². The van der Waals surface area contributed by atoms with Crippen LogP contribution in [0.5, 0.6) is 0 Å². The lowest BCUT2D eigenvalue weighted by atomic mass is 10.4. The van der Waals surface area contributed by atoms with Crippen molar-refractivity contribution in [1.29, 1.82) is 0 Å².